The maximum Gasteiger partial charge on any atom is 0.218 e. The summed E-state index contributed by atoms with van der Waals surface area (Å²) in [4.78, 5) is 0. The second-order valence-electron chi connectivity index (χ2n) is 7.76. The van der Waals surface area contributed by atoms with Gasteiger partial charge in [0.1, 0.15) is 0 Å². The predicted octanol–water partition coefficient (Wildman–Crippen LogP) is 3.64. The van der Waals surface area contributed by atoms with Gasteiger partial charge in [0, 0.05) is 18.5 Å². The van der Waals surface area contributed by atoms with E-state index in [2.05, 4.69) is 13.8 Å². The molecule has 1 aliphatic heterocycles. The van der Waals surface area contributed by atoms with E-state index in [1.165, 1.54) is 0 Å². The number of benzene rings is 2. The number of hydrogen-bond donors (Lipinski definition) is 0. The van der Waals surface area contributed by atoms with Gasteiger partial charge in [-0.05, 0) is 35.7 Å². The molecule has 0 saturated carbocycles. The Labute approximate surface area is 162 Å². The van der Waals surface area contributed by atoms with Crippen LogP contribution in [0.5, 0.6) is 11.5 Å². The van der Waals surface area contributed by atoms with Crippen LogP contribution in [-0.4, -0.2) is 33.5 Å². The highest BCUT2D eigenvalue weighted by Gasteiger charge is 2.38. The summed E-state index contributed by atoms with van der Waals surface area (Å²) in [6.07, 6.45) is 0. The highest BCUT2D eigenvalue weighted by Crippen LogP contribution is 2.41. The van der Waals surface area contributed by atoms with Crippen molar-refractivity contribution in [3.05, 3.63) is 58.7 Å². The van der Waals surface area contributed by atoms with Crippen LogP contribution in [0.3, 0.4) is 0 Å². The molecular weight excluding hydrogens is 362 g/mol. The van der Waals surface area contributed by atoms with Crippen LogP contribution in [0, 0.1) is 6.92 Å². The molecule has 6 heteroatoms. The summed E-state index contributed by atoms with van der Waals surface area (Å²) in [6.45, 7) is 6.87. The highest BCUT2D eigenvalue weighted by molar-refractivity contribution is 7.88. The van der Waals surface area contributed by atoms with Crippen LogP contribution < -0.4 is 9.47 Å². The molecule has 0 spiro atoms. The van der Waals surface area contributed by atoms with Gasteiger partial charge in [-0.3, -0.25) is 0 Å². The van der Waals surface area contributed by atoms with E-state index in [9.17, 15) is 8.42 Å². The SMILES string of the molecule is COc1cc2c(cc1OC)C(C)(C)CN(S(=O)(=O)Cc1cccc(C)c1)C2. The van der Waals surface area contributed by atoms with Gasteiger partial charge in [-0.2, -0.15) is 4.31 Å². The molecule has 0 radical (unpaired) electrons. The molecule has 0 saturated heterocycles. The molecule has 1 heterocycles. The minimum atomic E-state index is -3.44. The number of aryl methyl sites for hydroxylation is 1. The predicted molar refractivity (Wildman–Crippen MR) is 107 cm³/mol. The Kier molecular flexibility index (Phi) is 5.23. The van der Waals surface area contributed by atoms with Crippen molar-refractivity contribution in [2.45, 2.75) is 38.5 Å². The lowest BCUT2D eigenvalue weighted by atomic mass is 9.79. The molecule has 0 atom stereocenters. The Hall–Kier alpha value is -2.05. The van der Waals surface area contributed by atoms with E-state index in [1.54, 1.807) is 18.5 Å². The zero-order chi connectivity index (χ0) is 19.8. The fourth-order valence-electron chi connectivity index (χ4n) is 3.75. The van der Waals surface area contributed by atoms with Crippen LogP contribution in [-0.2, 0) is 27.7 Å². The van der Waals surface area contributed by atoms with Crippen LogP contribution in [0.2, 0.25) is 0 Å². The summed E-state index contributed by atoms with van der Waals surface area (Å²) in [5.41, 5.74) is 3.60. The Morgan fingerprint density at radius 3 is 2.37 bits per heavy atom. The van der Waals surface area contributed by atoms with Gasteiger partial charge in [-0.25, -0.2) is 8.42 Å². The Morgan fingerprint density at radius 1 is 1.07 bits per heavy atom. The van der Waals surface area contributed by atoms with Gasteiger partial charge in [-0.1, -0.05) is 43.7 Å². The first-order valence-corrected chi connectivity index (χ1v) is 10.6. The minimum Gasteiger partial charge on any atom is -0.493 e. The zero-order valence-electron chi connectivity index (χ0n) is 16.6. The van der Waals surface area contributed by atoms with Gasteiger partial charge in [0.25, 0.3) is 0 Å². The number of nitrogens with zero attached hydrogens (tertiary/aromatic N) is 1. The number of sulfonamides is 1. The molecule has 0 bridgehead atoms. The summed E-state index contributed by atoms with van der Waals surface area (Å²) in [5.74, 6) is 1.29. The molecule has 0 fully saturated rings. The lowest BCUT2D eigenvalue weighted by Gasteiger charge is -2.39. The maximum absolute atomic E-state index is 13.1. The van der Waals surface area contributed by atoms with E-state index >= 15 is 0 Å². The third kappa shape index (κ3) is 3.96. The largest absolute Gasteiger partial charge is 0.493 e. The number of hydrogen-bond acceptors (Lipinski definition) is 4. The molecule has 0 N–H and O–H groups in total. The van der Waals surface area contributed by atoms with E-state index in [0.717, 1.165) is 22.3 Å². The first-order chi connectivity index (χ1) is 12.7. The van der Waals surface area contributed by atoms with Gasteiger partial charge < -0.3 is 9.47 Å². The van der Waals surface area contributed by atoms with Gasteiger partial charge in [0.15, 0.2) is 11.5 Å². The number of rotatable bonds is 5. The van der Waals surface area contributed by atoms with Crippen molar-refractivity contribution in [2.75, 3.05) is 20.8 Å². The van der Waals surface area contributed by atoms with E-state index in [1.807, 2.05) is 43.3 Å². The van der Waals surface area contributed by atoms with Gasteiger partial charge in [-0.15, -0.1) is 0 Å². The van der Waals surface area contributed by atoms with E-state index in [4.69, 9.17) is 9.47 Å². The molecule has 5 nitrogen and oxygen atoms in total. The number of methoxy groups -OCH3 is 2. The van der Waals surface area contributed by atoms with E-state index < -0.39 is 10.0 Å². The summed E-state index contributed by atoms with van der Waals surface area (Å²) < 4.78 is 38.6. The van der Waals surface area contributed by atoms with Crippen LogP contribution in [0.15, 0.2) is 36.4 Å². The number of ether oxygens (including phenoxy) is 2. The standard InChI is InChI=1S/C21H27NO4S/c1-15-7-6-8-16(9-15)13-27(23,24)22-12-17-10-19(25-4)20(26-5)11-18(17)21(2,3)14-22/h6-11H,12-14H2,1-5H3. The smallest absolute Gasteiger partial charge is 0.218 e. The molecule has 0 aliphatic carbocycles. The quantitative estimate of drug-likeness (QED) is 0.783. The summed E-state index contributed by atoms with van der Waals surface area (Å²) in [5, 5.41) is 0. The van der Waals surface area contributed by atoms with Gasteiger partial charge >= 0.3 is 0 Å². The molecule has 27 heavy (non-hydrogen) atoms. The number of fused-ring (bicyclic) bond motifs is 1. The average molecular weight is 390 g/mol. The van der Waals surface area contributed by atoms with Gasteiger partial charge in [0.2, 0.25) is 10.0 Å². The lowest BCUT2D eigenvalue weighted by molar-refractivity contribution is 0.294. The zero-order valence-corrected chi connectivity index (χ0v) is 17.4. The first-order valence-electron chi connectivity index (χ1n) is 8.95. The molecule has 146 valence electrons. The fraction of sp³-hybridized carbons (Fsp3) is 0.429. The van der Waals surface area contributed by atoms with Gasteiger partial charge in [0.05, 0.1) is 20.0 Å². The Bertz CT molecular complexity index is 951. The fourth-order valence-corrected chi connectivity index (χ4v) is 5.39. The van der Waals surface area contributed by atoms with E-state index in [-0.39, 0.29) is 11.2 Å². The second kappa shape index (κ2) is 7.17. The maximum atomic E-state index is 13.1. The summed E-state index contributed by atoms with van der Waals surface area (Å²) in [6, 6.07) is 11.5. The summed E-state index contributed by atoms with van der Waals surface area (Å²) in [7, 11) is -0.243. The third-order valence-electron chi connectivity index (χ3n) is 5.08. The molecule has 0 unspecified atom stereocenters. The molecule has 2 aromatic carbocycles. The van der Waals surface area contributed by atoms with Crippen molar-refractivity contribution in [3.63, 3.8) is 0 Å². The Balaban J connectivity index is 1.96. The van der Waals surface area contributed by atoms with Crippen molar-refractivity contribution in [1.29, 1.82) is 0 Å². The second-order valence-corrected chi connectivity index (χ2v) is 9.73. The highest BCUT2D eigenvalue weighted by atomic mass is 32.2. The third-order valence-corrected chi connectivity index (χ3v) is 6.82. The lowest BCUT2D eigenvalue weighted by Crippen LogP contribution is -2.45. The molecule has 2 aromatic rings. The first kappa shape index (κ1) is 19.7. The van der Waals surface area contributed by atoms with Crippen molar-refractivity contribution in [3.8, 4) is 11.5 Å². The van der Waals surface area contributed by atoms with Crippen molar-refractivity contribution >= 4 is 10.0 Å². The molecule has 3 rings (SSSR count). The normalized spacial score (nSPS) is 16.6. The monoisotopic (exact) mass is 389 g/mol. The summed E-state index contributed by atoms with van der Waals surface area (Å²) >= 11 is 0. The van der Waals surface area contributed by atoms with Crippen LogP contribution >= 0.6 is 0 Å². The molecule has 1 aliphatic rings. The van der Waals surface area contributed by atoms with E-state index in [0.29, 0.717) is 24.6 Å². The topological polar surface area (TPSA) is 55.8 Å². The van der Waals surface area contributed by atoms with Crippen LogP contribution in [0.4, 0.5) is 0 Å². The Morgan fingerprint density at radius 2 is 1.74 bits per heavy atom. The van der Waals surface area contributed by atoms with Crippen LogP contribution in [0.1, 0.15) is 36.1 Å². The average Bonchev–Trinajstić information content (AvgIpc) is 2.59. The minimum absolute atomic E-state index is 0.00732. The van der Waals surface area contributed by atoms with Crippen molar-refractivity contribution in [1.82, 2.24) is 4.31 Å². The van der Waals surface area contributed by atoms with Crippen molar-refractivity contribution in [2.24, 2.45) is 0 Å². The van der Waals surface area contributed by atoms with Crippen molar-refractivity contribution < 1.29 is 17.9 Å². The molecule has 0 amide bonds. The van der Waals surface area contributed by atoms with Crippen LogP contribution in [0.25, 0.3) is 0 Å². The molecule has 0 aromatic heterocycles. The molecular formula is C21H27NO4S.